The van der Waals surface area contributed by atoms with Crippen LogP contribution in [0.4, 0.5) is 0 Å². The van der Waals surface area contributed by atoms with Crippen LogP contribution >= 0.6 is 21.6 Å². The molecule has 0 spiro atoms. The molecular weight excluding hydrogens is 204 g/mol. The molecule has 0 saturated carbocycles. The number of carbonyl (C=O) groups excluding carboxylic acids is 1. The van der Waals surface area contributed by atoms with Crippen LogP contribution in [0.5, 0.6) is 0 Å². The fraction of sp³-hybridized carbons (Fsp3) is 0.875. The van der Waals surface area contributed by atoms with Gasteiger partial charge in [-0.25, -0.2) is 0 Å². The molecule has 0 radical (unpaired) electrons. The molecule has 3 nitrogen and oxygen atoms in total. The summed E-state index contributed by atoms with van der Waals surface area (Å²) in [7, 11) is 3.62. The maximum atomic E-state index is 11.0. The second-order valence-corrected chi connectivity index (χ2v) is 5.30. The molecule has 13 heavy (non-hydrogen) atoms. The highest BCUT2D eigenvalue weighted by atomic mass is 33.1. The molecule has 0 aromatic heterocycles. The summed E-state index contributed by atoms with van der Waals surface area (Å²) in [5, 5.41) is 2.87. The molecular formula is C8H19N2OS2+. The Morgan fingerprint density at radius 1 is 1.38 bits per heavy atom. The molecule has 0 heterocycles. The predicted molar refractivity (Wildman–Crippen MR) is 60.6 cm³/mol. The number of hydrogen-bond donors (Lipinski definition) is 2. The predicted octanol–water partition coefficient (Wildman–Crippen LogP) is 0.526. The highest BCUT2D eigenvalue weighted by Crippen LogP contribution is 2.18. The van der Waals surface area contributed by atoms with Crippen LogP contribution in [-0.2, 0) is 4.79 Å². The van der Waals surface area contributed by atoms with Crippen molar-refractivity contribution in [1.29, 1.82) is 0 Å². The van der Waals surface area contributed by atoms with Crippen molar-refractivity contribution in [2.45, 2.75) is 19.8 Å². The molecule has 0 rings (SSSR count). The molecule has 0 fully saturated rings. The van der Waals surface area contributed by atoms with Gasteiger partial charge in [0.1, 0.15) is 0 Å². The van der Waals surface area contributed by atoms with E-state index >= 15 is 0 Å². The number of hydrogen-bond acceptors (Lipinski definition) is 3. The third-order valence-electron chi connectivity index (χ3n) is 1.30. The fourth-order valence-electron chi connectivity index (χ4n) is 0.724. The van der Waals surface area contributed by atoms with E-state index < -0.39 is 0 Å². The lowest BCUT2D eigenvalue weighted by atomic mass is 10.3. The largest absolute Gasteiger partial charge is 0.357 e. The van der Waals surface area contributed by atoms with Crippen molar-refractivity contribution in [2.24, 2.45) is 0 Å². The summed E-state index contributed by atoms with van der Waals surface area (Å²) in [4.78, 5) is 11.0. The zero-order valence-corrected chi connectivity index (χ0v) is 9.81. The minimum atomic E-state index is 0.172. The molecule has 78 valence electrons. The van der Waals surface area contributed by atoms with Crippen molar-refractivity contribution in [3.8, 4) is 0 Å². The molecule has 0 bridgehead atoms. The maximum absolute atomic E-state index is 11.0. The SMILES string of the molecule is CCCC(=O)NCCSSCC[NH3+]. The van der Waals surface area contributed by atoms with Crippen LogP contribution in [0, 0.1) is 0 Å². The van der Waals surface area contributed by atoms with Crippen molar-refractivity contribution >= 4 is 27.5 Å². The monoisotopic (exact) mass is 223 g/mol. The molecule has 0 aromatic carbocycles. The molecule has 0 aromatic rings. The summed E-state index contributed by atoms with van der Waals surface area (Å²) in [6.07, 6.45) is 1.58. The first-order chi connectivity index (χ1) is 6.31. The molecule has 0 aliphatic rings. The van der Waals surface area contributed by atoms with Gasteiger partial charge in [-0.05, 0) is 6.42 Å². The smallest absolute Gasteiger partial charge is 0.220 e. The van der Waals surface area contributed by atoms with E-state index in [2.05, 4.69) is 11.1 Å². The summed E-state index contributed by atoms with van der Waals surface area (Å²) < 4.78 is 0. The summed E-state index contributed by atoms with van der Waals surface area (Å²) in [6.45, 7) is 3.77. The van der Waals surface area contributed by atoms with E-state index in [1.54, 1.807) is 10.8 Å². The minimum Gasteiger partial charge on any atom is -0.357 e. The first-order valence-corrected chi connectivity index (χ1v) is 7.10. The van der Waals surface area contributed by atoms with Crippen LogP contribution in [0.1, 0.15) is 19.8 Å². The first-order valence-electron chi connectivity index (χ1n) is 4.61. The van der Waals surface area contributed by atoms with Crippen molar-refractivity contribution < 1.29 is 10.5 Å². The highest BCUT2D eigenvalue weighted by molar-refractivity contribution is 8.76. The van der Waals surface area contributed by atoms with Crippen LogP contribution in [0.2, 0.25) is 0 Å². The van der Waals surface area contributed by atoms with Gasteiger partial charge in [-0.2, -0.15) is 0 Å². The van der Waals surface area contributed by atoms with Crippen molar-refractivity contribution in [3.63, 3.8) is 0 Å². The van der Waals surface area contributed by atoms with E-state index in [0.29, 0.717) is 6.42 Å². The Kier molecular flexibility index (Phi) is 10.3. The summed E-state index contributed by atoms with van der Waals surface area (Å²) in [5.41, 5.74) is 3.75. The van der Waals surface area contributed by atoms with E-state index in [1.807, 2.05) is 17.7 Å². The van der Waals surface area contributed by atoms with E-state index in [4.69, 9.17) is 0 Å². The lowest BCUT2D eigenvalue weighted by Crippen LogP contribution is -2.51. The van der Waals surface area contributed by atoms with E-state index in [-0.39, 0.29) is 5.91 Å². The van der Waals surface area contributed by atoms with Gasteiger partial charge in [0.15, 0.2) is 0 Å². The third-order valence-corrected chi connectivity index (χ3v) is 3.79. The molecule has 4 N–H and O–H groups in total. The number of amides is 1. The number of nitrogens with one attached hydrogen (secondary N) is 1. The standard InChI is InChI=1S/C8H18N2OS2/c1-2-3-8(11)10-5-7-13-12-6-4-9/h2-7,9H2,1H3,(H,10,11)/p+1. The lowest BCUT2D eigenvalue weighted by molar-refractivity contribution is -0.360. The van der Waals surface area contributed by atoms with E-state index in [9.17, 15) is 4.79 Å². The molecule has 0 saturated heterocycles. The summed E-state index contributed by atoms with van der Waals surface area (Å²) >= 11 is 0. The maximum Gasteiger partial charge on any atom is 0.220 e. The van der Waals surface area contributed by atoms with Gasteiger partial charge in [0, 0.05) is 18.7 Å². The average Bonchev–Trinajstić information content (AvgIpc) is 2.11. The number of carbonyl (C=O) groups is 1. The first kappa shape index (κ1) is 13.1. The second kappa shape index (κ2) is 10.2. The Balaban J connectivity index is 3.02. The van der Waals surface area contributed by atoms with E-state index in [0.717, 1.165) is 31.0 Å². The topological polar surface area (TPSA) is 56.7 Å². The second-order valence-electron chi connectivity index (χ2n) is 2.60. The number of quaternary nitrogens is 1. The van der Waals surface area contributed by atoms with Crippen LogP contribution in [-0.4, -0.2) is 30.5 Å². The van der Waals surface area contributed by atoms with Crippen LogP contribution in [0.15, 0.2) is 0 Å². The Bertz CT molecular complexity index is 133. The summed E-state index contributed by atoms with van der Waals surface area (Å²) in [5.74, 6) is 2.25. The third kappa shape index (κ3) is 10.0. The number of rotatable bonds is 8. The Morgan fingerprint density at radius 2 is 2.08 bits per heavy atom. The van der Waals surface area contributed by atoms with Gasteiger partial charge in [-0.1, -0.05) is 28.5 Å². The molecule has 0 aliphatic heterocycles. The normalized spacial score (nSPS) is 10.0. The van der Waals surface area contributed by atoms with Gasteiger partial charge in [0.05, 0.1) is 12.3 Å². The zero-order chi connectivity index (χ0) is 9.94. The van der Waals surface area contributed by atoms with Crippen LogP contribution in [0.25, 0.3) is 0 Å². The zero-order valence-electron chi connectivity index (χ0n) is 8.17. The molecule has 5 heteroatoms. The lowest BCUT2D eigenvalue weighted by Gasteiger charge is -2.02. The Morgan fingerprint density at radius 3 is 2.69 bits per heavy atom. The highest BCUT2D eigenvalue weighted by Gasteiger charge is 1.97. The van der Waals surface area contributed by atoms with Crippen LogP contribution in [0.3, 0.4) is 0 Å². The van der Waals surface area contributed by atoms with Crippen molar-refractivity contribution in [3.05, 3.63) is 0 Å². The average molecular weight is 223 g/mol. The van der Waals surface area contributed by atoms with Crippen molar-refractivity contribution in [1.82, 2.24) is 5.32 Å². The van der Waals surface area contributed by atoms with Gasteiger partial charge in [-0.3, -0.25) is 4.79 Å². The fourth-order valence-corrected chi connectivity index (χ4v) is 2.57. The molecule has 0 atom stereocenters. The quantitative estimate of drug-likeness (QED) is 0.466. The van der Waals surface area contributed by atoms with Crippen LogP contribution < -0.4 is 11.1 Å². The minimum absolute atomic E-state index is 0.172. The summed E-state index contributed by atoms with van der Waals surface area (Å²) in [6, 6.07) is 0. The Hall–Kier alpha value is 0.130. The van der Waals surface area contributed by atoms with Gasteiger partial charge in [0.2, 0.25) is 5.91 Å². The Labute approximate surface area is 88.0 Å². The van der Waals surface area contributed by atoms with E-state index in [1.165, 1.54) is 0 Å². The molecule has 0 unspecified atom stereocenters. The van der Waals surface area contributed by atoms with Gasteiger partial charge in [0.25, 0.3) is 0 Å². The van der Waals surface area contributed by atoms with Gasteiger partial charge < -0.3 is 11.1 Å². The molecule has 1 amide bonds. The van der Waals surface area contributed by atoms with Gasteiger partial charge in [-0.15, -0.1) is 0 Å². The van der Waals surface area contributed by atoms with Gasteiger partial charge >= 0.3 is 0 Å². The molecule has 0 aliphatic carbocycles. The van der Waals surface area contributed by atoms with Crippen molar-refractivity contribution in [2.75, 3.05) is 24.6 Å².